The lowest BCUT2D eigenvalue weighted by Gasteiger charge is -2.10. The highest BCUT2D eigenvalue weighted by atomic mass is 35.5. The van der Waals surface area contributed by atoms with E-state index in [0.717, 1.165) is 41.7 Å². The Labute approximate surface area is 186 Å². The molecule has 6 nitrogen and oxygen atoms in total. The SMILES string of the molecule is Fc1cc(F)c(C2=NCC=C2c2ccc3ncc(-c4ncn5c4NCC5)cc3n2)cc1Cl. The predicted octanol–water partition coefficient (Wildman–Crippen LogP) is 4.74. The van der Waals surface area contributed by atoms with E-state index in [1.807, 2.05) is 30.6 Å². The zero-order chi connectivity index (χ0) is 21.8. The van der Waals surface area contributed by atoms with E-state index in [9.17, 15) is 8.78 Å². The number of rotatable bonds is 3. The van der Waals surface area contributed by atoms with Gasteiger partial charge in [0, 0.05) is 42.1 Å². The van der Waals surface area contributed by atoms with Gasteiger partial charge in [-0.25, -0.2) is 18.7 Å². The van der Waals surface area contributed by atoms with E-state index in [2.05, 4.69) is 24.8 Å². The zero-order valence-corrected chi connectivity index (χ0v) is 17.4. The van der Waals surface area contributed by atoms with Crippen LogP contribution in [-0.4, -0.2) is 38.3 Å². The van der Waals surface area contributed by atoms with E-state index in [-0.39, 0.29) is 10.6 Å². The molecule has 158 valence electrons. The lowest BCUT2D eigenvalue weighted by Crippen LogP contribution is -2.07. The minimum atomic E-state index is -0.806. The zero-order valence-electron chi connectivity index (χ0n) is 16.6. The Bertz CT molecular complexity index is 1470. The van der Waals surface area contributed by atoms with E-state index in [0.29, 0.717) is 29.0 Å². The lowest BCUT2D eigenvalue weighted by atomic mass is 9.99. The van der Waals surface area contributed by atoms with Crippen molar-refractivity contribution in [1.82, 2.24) is 19.5 Å². The van der Waals surface area contributed by atoms with Gasteiger partial charge < -0.3 is 9.88 Å². The summed E-state index contributed by atoms with van der Waals surface area (Å²) in [6, 6.07) is 7.66. The molecule has 0 fully saturated rings. The van der Waals surface area contributed by atoms with Crippen molar-refractivity contribution < 1.29 is 8.78 Å². The fourth-order valence-electron chi connectivity index (χ4n) is 4.10. The molecule has 5 heterocycles. The van der Waals surface area contributed by atoms with Crippen LogP contribution in [0, 0.1) is 11.6 Å². The first kappa shape index (κ1) is 19.1. The van der Waals surface area contributed by atoms with Crippen molar-refractivity contribution >= 4 is 39.7 Å². The fraction of sp³-hybridized carbons (Fsp3) is 0.130. The van der Waals surface area contributed by atoms with Gasteiger partial charge in [0.15, 0.2) is 0 Å². The number of fused-ring (bicyclic) bond motifs is 2. The second-order valence-corrected chi connectivity index (χ2v) is 7.98. The minimum Gasteiger partial charge on any atom is -0.368 e. The Hall–Kier alpha value is -3.65. The Morgan fingerprint density at radius 1 is 1.03 bits per heavy atom. The number of benzene rings is 1. The number of hydrogen-bond donors (Lipinski definition) is 1. The molecule has 0 unspecified atom stereocenters. The fourth-order valence-corrected chi connectivity index (χ4v) is 4.26. The average Bonchev–Trinajstić information content (AvgIpc) is 3.52. The third kappa shape index (κ3) is 2.98. The summed E-state index contributed by atoms with van der Waals surface area (Å²) in [6.07, 6.45) is 5.46. The van der Waals surface area contributed by atoms with E-state index in [1.54, 1.807) is 6.20 Å². The highest BCUT2D eigenvalue weighted by molar-refractivity contribution is 6.35. The molecule has 32 heavy (non-hydrogen) atoms. The number of halogens is 3. The van der Waals surface area contributed by atoms with Crippen LogP contribution in [-0.2, 0) is 6.54 Å². The summed E-state index contributed by atoms with van der Waals surface area (Å²) in [4.78, 5) is 18.2. The van der Waals surface area contributed by atoms with Crippen molar-refractivity contribution in [3.8, 4) is 11.3 Å². The topological polar surface area (TPSA) is 68.0 Å². The molecule has 2 aliphatic rings. The van der Waals surface area contributed by atoms with Gasteiger partial charge in [-0.15, -0.1) is 0 Å². The van der Waals surface area contributed by atoms with Crippen LogP contribution in [0.15, 0.2) is 53.9 Å². The Morgan fingerprint density at radius 3 is 2.84 bits per heavy atom. The van der Waals surface area contributed by atoms with Crippen molar-refractivity contribution in [1.29, 1.82) is 0 Å². The number of aliphatic imine (C=N–C) groups is 1. The highest BCUT2D eigenvalue weighted by Crippen LogP contribution is 2.32. The molecular weight excluding hydrogens is 434 g/mol. The van der Waals surface area contributed by atoms with Gasteiger partial charge in [-0.3, -0.25) is 9.98 Å². The molecule has 9 heteroatoms. The quantitative estimate of drug-likeness (QED) is 0.460. The van der Waals surface area contributed by atoms with Gasteiger partial charge in [0.1, 0.15) is 23.1 Å². The maximum Gasteiger partial charge on any atom is 0.144 e. The molecule has 0 saturated heterocycles. The molecule has 0 atom stereocenters. The van der Waals surface area contributed by atoms with E-state index < -0.39 is 11.6 Å². The molecular formula is C23H15ClF2N6. The minimum absolute atomic E-state index is 0.147. The summed E-state index contributed by atoms with van der Waals surface area (Å²) in [5.74, 6) is -0.553. The number of aromatic nitrogens is 4. The molecule has 3 aromatic heterocycles. The van der Waals surface area contributed by atoms with Gasteiger partial charge in [-0.1, -0.05) is 17.7 Å². The maximum atomic E-state index is 14.5. The smallest absolute Gasteiger partial charge is 0.144 e. The Balaban J connectivity index is 1.41. The van der Waals surface area contributed by atoms with Crippen LogP contribution in [0.3, 0.4) is 0 Å². The van der Waals surface area contributed by atoms with E-state index >= 15 is 0 Å². The molecule has 6 rings (SSSR count). The maximum absolute atomic E-state index is 14.5. The number of pyridine rings is 2. The summed E-state index contributed by atoms with van der Waals surface area (Å²) < 4.78 is 30.2. The van der Waals surface area contributed by atoms with Gasteiger partial charge in [0.2, 0.25) is 0 Å². The average molecular weight is 449 g/mol. The third-order valence-corrected chi connectivity index (χ3v) is 5.92. The van der Waals surface area contributed by atoms with Crippen LogP contribution in [0.25, 0.3) is 27.9 Å². The highest BCUT2D eigenvalue weighted by Gasteiger charge is 2.23. The second-order valence-electron chi connectivity index (χ2n) is 7.57. The van der Waals surface area contributed by atoms with Crippen LogP contribution in [0.5, 0.6) is 0 Å². The van der Waals surface area contributed by atoms with E-state index in [4.69, 9.17) is 16.6 Å². The monoisotopic (exact) mass is 448 g/mol. The predicted molar refractivity (Wildman–Crippen MR) is 120 cm³/mol. The lowest BCUT2D eigenvalue weighted by molar-refractivity contribution is 0.582. The normalized spacial score (nSPS) is 15.0. The Kier molecular flexibility index (Phi) is 4.29. The van der Waals surface area contributed by atoms with Gasteiger partial charge in [0.05, 0.1) is 40.3 Å². The molecule has 0 saturated carbocycles. The van der Waals surface area contributed by atoms with Crippen molar-refractivity contribution in [3.05, 3.63) is 76.8 Å². The van der Waals surface area contributed by atoms with Crippen LogP contribution in [0.4, 0.5) is 14.6 Å². The van der Waals surface area contributed by atoms with Gasteiger partial charge in [0.25, 0.3) is 0 Å². The van der Waals surface area contributed by atoms with Crippen LogP contribution in [0.1, 0.15) is 11.3 Å². The Morgan fingerprint density at radius 2 is 1.94 bits per heavy atom. The van der Waals surface area contributed by atoms with Gasteiger partial charge >= 0.3 is 0 Å². The number of nitrogens with zero attached hydrogens (tertiary/aromatic N) is 5. The molecule has 0 bridgehead atoms. The van der Waals surface area contributed by atoms with Crippen molar-refractivity contribution in [3.63, 3.8) is 0 Å². The molecule has 1 N–H and O–H groups in total. The first-order chi connectivity index (χ1) is 15.6. The molecule has 2 aliphatic heterocycles. The largest absolute Gasteiger partial charge is 0.368 e. The number of allylic oxidation sites excluding steroid dienone is 1. The van der Waals surface area contributed by atoms with Crippen LogP contribution >= 0.6 is 11.6 Å². The summed E-state index contributed by atoms with van der Waals surface area (Å²) >= 11 is 5.89. The molecule has 0 radical (unpaired) electrons. The summed E-state index contributed by atoms with van der Waals surface area (Å²) in [5.41, 5.74) is 4.94. The first-order valence-corrected chi connectivity index (χ1v) is 10.4. The van der Waals surface area contributed by atoms with Crippen molar-refractivity contribution in [2.45, 2.75) is 6.54 Å². The molecule has 1 aromatic carbocycles. The third-order valence-electron chi connectivity index (χ3n) is 5.63. The summed E-state index contributed by atoms with van der Waals surface area (Å²) in [7, 11) is 0. The molecule has 4 aromatic rings. The van der Waals surface area contributed by atoms with Crippen LogP contribution < -0.4 is 5.32 Å². The van der Waals surface area contributed by atoms with Gasteiger partial charge in [-0.2, -0.15) is 0 Å². The van der Waals surface area contributed by atoms with Crippen molar-refractivity contribution in [2.75, 3.05) is 18.4 Å². The number of anilines is 1. The number of imidazole rings is 1. The summed E-state index contributed by atoms with van der Waals surface area (Å²) in [6.45, 7) is 2.13. The standard InChI is InChI=1S/C23H15ClF2N6/c24-15-8-14(16(25)9-17(15)26)22-13(3-4-27-22)18-1-2-19-20(31-18)7-12(10-29-19)21-23-28-5-6-32(23)11-30-21/h1-3,7-11,28H,4-6H2. The molecule has 0 amide bonds. The first-order valence-electron chi connectivity index (χ1n) is 10.0. The summed E-state index contributed by atoms with van der Waals surface area (Å²) in [5, 5.41) is 3.19. The van der Waals surface area contributed by atoms with E-state index in [1.165, 1.54) is 6.07 Å². The molecule has 0 spiro atoms. The molecule has 0 aliphatic carbocycles. The second kappa shape index (κ2) is 7.20. The number of hydrogen-bond acceptors (Lipinski definition) is 5. The van der Waals surface area contributed by atoms with Gasteiger partial charge in [-0.05, 0) is 24.3 Å². The van der Waals surface area contributed by atoms with Crippen molar-refractivity contribution in [2.24, 2.45) is 4.99 Å². The van der Waals surface area contributed by atoms with Crippen LogP contribution in [0.2, 0.25) is 5.02 Å². The number of nitrogens with one attached hydrogen (secondary N) is 1.